The number of hydrogen-bond donors (Lipinski definition) is 0. The molecule has 3 heterocycles. The summed E-state index contributed by atoms with van der Waals surface area (Å²) >= 11 is 0. The van der Waals surface area contributed by atoms with Crippen molar-refractivity contribution in [3.63, 3.8) is 0 Å². The van der Waals surface area contributed by atoms with E-state index in [0.717, 1.165) is 44.2 Å². The van der Waals surface area contributed by atoms with Crippen molar-refractivity contribution >= 4 is 0 Å². The lowest BCUT2D eigenvalue weighted by Gasteiger charge is -2.36. The van der Waals surface area contributed by atoms with E-state index in [0.29, 0.717) is 11.8 Å². The van der Waals surface area contributed by atoms with Crippen LogP contribution in [0.25, 0.3) is 0 Å². The van der Waals surface area contributed by atoms with Crippen LogP contribution >= 0.6 is 0 Å². The molecule has 1 aliphatic rings. The van der Waals surface area contributed by atoms with Crippen LogP contribution in [0.1, 0.15) is 41.8 Å². The summed E-state index contributed by atoms with van der Waals surface area (Å²) in [6, 6.07) is 0.169. The van der Waals surface area contributed by atoms with E-state index in [-0.39, 0.29) is 6.04 Å². The van der Waals surface area contributed by atoms with Crippen molar-refractivity contribution < 1.29 is 8.94 Å². The Balaban J connectivity index is 1.56. The highest BCUT2D eigenvalue weighted by Crippen LogP contribution is 2.22. The zero-order valence-electron chi connectivity index (χ0n) is 13.7. The fraction of sp³-hybridized carbons (Fsp3) is 0.667. The van der Waals surface area contributed by atoms with Crippen LogP contribution in [0, 0.1) is 20.8 Å². The summed E-state index contributed by atoms with van der Waals surface area (Å²) < 4.78 is 10.8. The van der Waals surface area contributed by atoms with Crippen molar-refractivity contribution in [1.29, 1.82) is 0 Å². The summed E-state index contributed by atoms with van der Waals surface area (Å²) in [7, 11) is 0. The van der Waals surface area contributed by atoms with Crippen LogP contribution in [0.4, 0.5) is 0 Å². The second kappa shape index (κ2) is 6.18. The van der Waals surface area contributed by atoms with Crippen molar-refractivity contribution in [2.45, 2.75) is 40.3 Å². The number of aryl methyl sites for hydroxylation is 3. The van der Waals surface area contributed by atoms with Crippen LogP contribution in [-0.2, 0) is 6.54 Å². The monoisotopic (exact) mass is 305 g/mol. The first-order valence-electron chi connectivity index (χ1n) is 7.72. The average Bonchev–Trinajstić information content (AvgIpc) is 3.08. The van der Waals surface area contributed by atoms with E-state index in [4.69, 9.17) is 8.94 Å². The fourth-order valence-corrected chi connectivity index (χ4v) is 2.90. The average molecular weight is 305 g/mol. The molecule has 1 atom stereocenters. The number of nitrogens with zero attached hydrogens (tertiary/aromatic N) is 5. The Kier molecular flexibility index (Phi) is 4.26. The molecule has 0 radical (unpaired) electrons. The topological polar surface area (TPSA) is 71.4 Å². The summed E-state index contributed by atoms with van der Waals surface area (Å²) in [5.41, 5.74) is 2.21. The molecular weight excluding hydrogens is 282 g/mol. The molecule has 3 rings (SSSR count). The highest BCUT2D eigenvalue weighted by molar-refractivity contribution is 5.20. The van der Waals surface area contributed by atoms with Crippen molar-refractivity contribution in [3.05, 3.63) is 28.8 Å². The largest absolute Gasteiger partial charge is 0.424 e. The summed E-state index contributed by atoms with van der Waals surface area (Å²) in [5, 5.41) is 12.1. The van der Waals surface area contributed by atoms with E-state index in [2.05, 4.69) is 32.1 Å². The zero-order valence-corrected chi connectivity index (χ0v) is 13.7. The lowest BCUT2D eigenvalue weighted by Crippen LogP contribution is -2.46. The van der Waals surface area contributed by atoms with Gasteiger partial charge in [-0.1, -0.05) is 5.16 Å². The summed E-state index contributed by atoms with van der Waals surface area (Å²) in [6.07, 6.45) is 0. The minimum absolute atomic E-state index is 0.169. The highest BCUT2D eigenvalue weighted by atomic mass is 16.5. The molecule has 0 unspecified atom stereocenters. The quantitative estimate of drug-likeness (QED) is 0.853. The molecule has 0 spiro atoms. The van der Waals surface area contributed by atoms with Gasteiger partial charge in [-0.25, -0.2) is 0 Å². The molecule has 2 aromatic rings. The standard InChI is InChI=1S/C15H23N5O2/c1-10-14(12(3)22-18-10)9-19-5-7-20(8-6-19)11(2)15-17-16-13(4)21-15/h11H,5-9H2,1-4H3/t11-/m1/s1. The van der Waals surface area contributed by atoms with E-state index in [1.165, 1.54) is 5.56 Å². The van der Waals surface area contributed by atoms with Crippen molar-refractivity contribution in [3.8, 4) is 0 Å². The van der Waals surface area contributed by atoms with E-state index in [9.17, 15) is 0 Å². The summed E-state index contributed by atoms with van der Waals surface area (Å²) in [4.78, 5) is 4.83. The maximum Gasteiger partial charge on any atom is 0.233 e. The number of rotatable bonds is 4. The molecule has 1 fully saturated rings. The van der Waals surface area contributed by atoms with Gasteiger partial charge >= 0.3 is 0 Å². The Bertz CT molecular complexity index is 608. The van der Waals surface area contributed by atoms with E-state index in [1.54, 1.807) is 0 Å². The minimum atomic E-state index is 0.169. The molecule has 7 heteroatoms. The predicted molar refractivity (Wildman–Crippen MR) is 80.3 cm³/mol. The molecule has 120 valence electrons. The van der Waals surface area contributed by atoms with Crippen LogP contribution in [0.5, 0.6) is 0 Å². The van der Waals surface area contributed by atoms with Gasteiger partial charge in [-0.3, -0.25) is 9.80 Å². The molecule has 0 bridgehead atoms. The Hall–Kier alpha value is -1.73. The molecule has 1 aliphatic heterocycles. The number of piperazine rings is 1. The van der Waals surface area contributed by atoms with Gasteiger partial charge in [0.1, 0.15) is 5.76 Å². The normalized spacial score (nSPS) is 18.7. The third-order valence-corrected chi connectivity index (χ3v) is 4.42. The predicted octanol–water partition coefficient (Wildman–Crippen LogP) is 1.86. The second-order valence-electron chi connectivity index (χ2n) is 5.95. The van der Waals surface area contributed by atoms with Gasteiger partial charge in [-0.05, 0) is 20.8 Å². The van der Waals surface area contributed by atoms with Gasteiger partial charge in [0.2, 0.25) is 11.8 Å². The molecule has 0 N–H and O–H groups in total. The first-order chi connectivity index (χ1) is 10.5. The van der Waals surface area contributed by atoms with Gasteiger partial charge in [0.05, 0.1) is 11.7 Å². The number of aromatic nitrogens is 3. The summed E-state index contributed by atoms with van der Waals surface area (Å²) in [6.45, 7) is 12.8. The van der Waals surface area contributed by atoms with Gasteiger partial charge in [-0.2, -0.15) is 0 Å². The van der Waals surface area contributed by atoms with E-state index >= 15 is 0 Å². The van der Waals surface area contributed by atoms with Crippen LogP contribution in [0.2, 0.25) is 0 Å². The van der Waals surface area contributed by atoms with Crippen LogP contribution in [0.3, 0.4) is 0 Å². The molecule has 0 saturated carbocycles. The maximum absolute atomic E-state index is 5.54. The molecule has 1 saturated heterocycles. The first-order valence-corrected chi connectivity index (χ1v) is 7.72. The van der Waals surface area contributed by atoms with Gasteiger partial charge < -0.3 is 8.94 Å². The minimum Gasteiger partial charge on any atom is -0.424 e. The van der Waals surface area contributed by atoms with Gasteiger partial charge in [0.15, 0.2) is 0 Å². The lowest BCUT2D eigenvalue weighted by molar-refractivity contribution is 0.0867. The van der Waals surface area contributed by atoms with Gasteiger partial charge in [0.25, 0.3) is 0 Å². The molecule has 0 amide bonds. The highest BCUT2D eigenvalue weighted by Gasteiger charge is 2.26. The SMILES string of the molecule is Cc1nnc([C@@H](C)N2CCN(Cc3c(C)noc3C)CC2)o1. The Morgan fingerprint density at radius 3 is 2.36 bits per heavy atom. The molecule has 7 nitrogen and oxygen atoms in total. The molecule has 2 aromatic heterocycles. The van der Waals surface area contributed by atoms with Crippen LogP contribution in [-0.4, -0.2) is 51.3 Å². The van der Waals surface area contributed by atoms with Gasteiger partial charge in [-0.15, -0.1) is 10.2 Å². The smallest absolute Gasteiger partial charge is 0.233 e. The molecular formula is C15H23N5O2. The van der Waals surface area contributed by atoms with Crippen LogP contribution < -0.4 is 0 Å². The van der Waals surface area contributed by atoms with E-state index in [1.807, 2.05) is 20.8 Å². The fourth-order valence-electron chi connectivity index (χ4n) is 2.90. The Morgan fingerprint density at radius 1 is 1.09 bits per heavy atom. The van der Waals surface area contributed by atoms with Crippen LogP contribution in [0.15, 0.2) is 8.94 Å². The lowest BCUT2D eigenvalue weighted by atomic mass is 10.1. The molecule has 22 heavy (non-hydrogen) atoms. The molecule has 0 aromatic carbocycles. The van der Waals surface area contributed by atoms with Crippen molar-refractivity contribution in [1.82, 2.24) is 25.2 Å². The van der Waals surface area contributed by atoms with Gasteiger partial charge in [0, 0.05) is 45.2 Å². The third kappa shape index (κ3) is 3.05. The second-order valence-corrected chi connectivity index (χ2v) is 5.95. The number of hydrogen-bond acceptors (Lipinski definition) is 7. The molecule has 0 aliphatic carbocycles. The van der Waals surface area contributed by atoms with Crippen molar-refractivity contribution in [2.75, 3.05) is 26.2 Å². The van der Waals surface area contributed by atoms with E-state index < -0.39 is 0 Å². The van der Waals surface area contributed by atoms with Crippen molar-refractivity contribution in [2.24, 2.45) is 0 Å². The zero-order chi connectivity index (χ0) is 15.7. The third-order valence-electron chi connectivity index (χ3n) is 4.42. The maximum atomic E-state index is 5.54. The summed E-state index contributed by atoms with van der Waals surface area (Å²) in [5.74, 6) is 2.25. The Labute approximate surface area is 130 Å². The first kappa shape index (κ1) is 15.2. The Morgan fingerprint density at radius 2 is 1.82 bits per heavy atom.